The van der Waals surface area contributed by atoms with Crippen LogP contribution in [-0.4, -0.2) is 59.4 Å². The van der Waals surface area contributed by atoms with Crippen molar-refractivity contribution in [2.24, 2.45) is 0 Å². The molecule has 0 spiro atoms. The van der Waals surface area contributed by atoms with Crippen LogP contribution in [0.15, 0.2) is 78.4 Å². The summed E-state index contributed by atoms with van der Waals surface area (Å²) < 4.78 is 11.8. The van der Waals surface area contributed by atoms with Crippen molar-refractivity contribution in [3.8, 4) is 17.2 Å². The van der Waals surface area contributed by atoms with Crippen LogP contribution in [0.25, 0.3) is 5.76 Å². The first kappa shape index (κ1) is 28.9. The first-order valence-corrected chi connectivity index (χ1v) is 13.9. The largest absolute Gasteiger partial charge is 0.507 e. The Kier molecular flexibility index (Phi) is 9.61. The lowest BCUT2D eigenvalue weighted by molar-refractivity contribution is -0.140. The molecule has 1 heterocycles. The van der Waals surface area contributed by atoms with Gasteiger partial charge in [-0.3, -0.25) is 9.59 Å². The number of benzene rings is 3. The molecule has 1 fully saturated rings. The van der Waals surface area contributed by atoms with Crippen LogP contribution in [0.3, 0.4) is 0 Å². The Morgan fingerprint density at radius 3 is 2.33 bits per heavy atom. The van der Waals surface area contributed by atoms with Crippen LogP contribution < -0.4 is 9.47 Å². The standard InChI is InChI=1S/C33H38N2O5/c1-5-20-39-28-17-16-25(21-23(28)4)31(36)29-30(35(33(38)32(29)37)19-18-34(6-2)7-3)24-12-11-15-27(22-24)40-26-13-9-8-10-14-26/h8-17,21-22,30,36H,5-7,18-20H2,1-4H3/b31-29+. The molecule has 210 valence electrons. The quantitative estimate of drug-likeness (QED) is 0.163. The van der Waals surface area contributed by atoms with Crippen LogP contribution in [0.4, 0.5) is 0 Å². The third kappa shape index (κ3) is 6.37. The Balaban J connectivity index is 1.77. The van der Waals surface area contributed by atoms with Gasteiger partial charge in [0, 0.05) is 18.7 Å². The number of amides is 1. The summed E-state index contributed by atoms with van der Waals surface area (Å²) in [7, 11) is 0. The van der Waals surface area contributed by atoms with E-state index < -0.39 is 17.7 Å². The fourth-order valence-corrected chi connectivity index (χ4v) is 4.95. The van der Waals surface area contributed by atoms with E-state index >= 15 is 0 Å². The first-order valence-electron chi connectivity index (χ1n) is 13.9. The summed E-state index contributed by atoms with van der Waals surface area (Å²) in [4.78, 5) is 30.7. The molecule has 1 amide bonds. The minimum absolute atomic E-state index is 0.0723. The SMILES string of the molecule is CCCOc1ccc(/C(O)=C2\C(=O)C(=O)N(CCN(CC)CC)C2c2cccc(Oc3ccccc3)c2)cc1C. The van der Waals surface area contributed by atoms with Gasteiger partial charge >= 0.3 is 0 Å². The van der Waals surface area contributed by atoms with Gasteiger partial charge in [0.25, 0.3) is 11.7 Å². The molecular formula is C33H38N2O5. The molecule has 0 aliphatic carbocycles. The summed E-state index contributed by atoms with van der Waals surface area (Å²) >= 11 is 0. The second-order valence-electron chi connectivity index (χ2n) is 9.84. The molecule has 1 aliphatic heterocycles. The molecule has 0 aromatic heterocycles. The van der Waals surface area contributed by atoms with Crippen LogP contribution in [-0.2, 0) is 9.59 Å². The number of para-hydroxylation sites is 1. The highest BCUT2D eigenvalue weighted by atomic mass is 16.5. The minimum atomic E-state index is -0.758. The third-order valence-electron chi connectivity index (χ3n) is 7.15. The van der Waals surface area contributed by atoms with Crippen molar-refractivity contribution in [2.75, 3.05) is 32.8 Å². The molecule has 40 heavy (non-hydrogen) atoms. The Hall–Kier alpha value is -4.10. The first-order chi connectivity index (χ1) is 19.4. The zero-order valence-corrected chi connectivity index (χ0v) is 23.7. The molecule has 1 unspecified atom stereocenters. The number of Topliss-reactive ketones (excluding diaryl/α,β-unsaturated/α-hetero) is 1. The predicted molar refractivity (Wildman–Crippen MR) is 157 cm³/mol. The number of ether oxygens (including phenoxy) is 2. The number of hydrogen-bond donors (Lipinski definition) is 1. The van der Waals surface area contributed by atoms with Gasteiger partial charge in [-0.1, -0.05) is 51.1 Å². The Morgan fingerprint density at radius 1 is 0.925 bits per heavy atom. The fraction of sp³-hybridized carbons (Fsp3) is 0.333. The average Bonchev–Trinajstić information content (AvgIpc) is 3.22. The maximum absolute atomic E-state index is 13.5. The van der Waals surface area contributed by atoms with Crippen molar-refractivity contribution in [2.45, 2.75) is 40.2 Å². The van der Waals surface area contributed by atoms with E-state index in [0.29, 0.717) is 42.3 Å². The van der Waals surface area contributed by atoms with E-state index in [1.807, 2.05) is 68.4 Å². The molecule has 0 saturated carbocycles. The third-order valence-corrected chi connectivity index (χ3v) is 7.15. The van der Waals surface area contributed by atoms with Crippen molar-refractivity contribution in [3.05, 3.63) is 95.1 Å². The van der Waals surface area contributed by atoms with Gasteiger partial charge in [-0.05, 0) is 80.0 Å². The molecule has 4 rings (SSSR count). The molecule has 1 aliphatic rings. The number of carbonyl (C=O) groups is 2. The maximum atomic E-state index is 13.5. The average molecular weight is 543 g/mol. The van der Waals surface area contributed by atoms with Gasteiger partial charge in [0.15, 0.2) is 0 Å². The van der Waals surface area contributed by atoms with Gasteiger partial charge in [-0.25, -0.2) is 0 Å². The van der Waals surface area contributed by atoms with Gasteiger partial charge in [-0.15, -0.1) is 0 Å². The van der Waals surface area contributed by atoms with Gasteiger partial charge in [-0.2, -0.15) is 0 Å². The van der Waals surface area contributed by atoms with Gasteiger partial charge in [0.05, 0.1) is 18.2 Å². The lowest BCUT2D eigenvalue weighted by Crippen LogP contribution is -2.38. The molecule has 1 atom stereocenters. The summed E-state index contributed by atoms with van der Waals surface area (Å²) in [5, 5.41) is 11.5. The van der Waals surface area contributed by atoms with E-state index in [0.717, 1.165) is 30.8 Å². The summed E-state index contributed by atoms with van der Waals surface area (Å²) in [6.45, 7) is 11.3. The minimum Gasteiger partial charge on any atom is -0.507 e. The highest BCUT2D eigenvalue weighted by Gasteiger charge is 2.46. The Morgan fingerprint density at radius 2 is 1.65 bits per heavy atom. The Bertz CT molecular complexity index is 1360. The molecule has 0 bridgehead atoms. The van der Waals surface area contributed by atoms with Crippen LogP contribution >= 0.6 is 0 Å². The number of nitrogens with zero attached hydrogens (tertiary/aromatic N) is 2. The fourth-order valence-electron chi connectivity index (χ4n) is 4.95. The summed E-state index contributed by atoms with van der Waals surface area (Å²) in [6.07, 6.45) is 0.880. The van der Waals surface area contributed by atoms with Crippen LogP contribution in [0.5, 0.6) is 17.2 Å². The number of hydrogen-bond acceptors (Lipinski definition) is 6. The van der Waals surface area contributed by atoms with Crippen LogP contribution in [0, 0.1) is 6.92 Å². The lowest BCUT2D eigenvalue weighted by atomic mass is 9.94. The summed E-state index contributed by atoms with van der Waals surface area (Å²) in [6, 6.07) is 21.3. The summed E-state index contributed by atoms with van der Waals surface area (Å²) in [5.74, 6) is 0.462. The second-order valence-corrected chi connectivity index (χ2v) is 9.84. The predicted octanol–water partition coefficient (Wildman–Crippen LogP) is 6.34. The number of rotatable bonds is 12. The summed E-state index contributed by atoms with van der Waals surface area (Å²) in [5.41, 5.74) is 2.06. The topological polar surface area (TPSA) is 79.3 Å². The van der Waals surface area contributed by atoms with E-state index in [-0.39, 0.29) is 11.3 Å². The molecule has 3 aromatic carbocycles. The van der Waals surface area contributed by atoms with E-state index in [1.165, 1.54) is 0 Å². The van der Waals surface area contributed by atoms with Crippen LogP contribution in [0.2, 0.25) is 0 Å². The Labute approximate surface area is 236 Å². The maximum Gasteiger partial charge on any atom is 0.295 e. The van der Waals surface area contributed by atoms with Gasteiger partial charge < -0.3 is 24.4 Å². The zero-order valence-electron chi connectivity index (χ0n) is 23.7. The normalized spacial score (nSPS) is 16.5. The lowest BCUT2D eigenvalue weighted by Gasteiger charge is -2.28. The van der Waals surface area contributed by atoms with E-state index in [1.54, 1.807) is 23.1 Å². The van der Waals surface area contributed by atoms with Gasteiger partial charge in [0.1, 0.15) is 23.0 Å². The van der Waals surface area contributed by atoms with Crippen molar-refractivity contribution >= 4 is 17.4 Å². The highest BCUT2D eigenvalue weighted by Crippen LogP contribution is 2.41. The van der Waals surface area contributed by atoms with Crippen LogP contribution in [0.1, 0.15) is 49.9 Å². The van der Waals surface area contributed by atoms with Gasteiger partial charge in [0.2, 0.25) is 0 Å². The number of carbonyl (C=O) groups excluding carboxylic acids is 2. The second kappa shape index (κ2) is 13.3. The number of likely N-dealkylation sites (N-methyl/N-ethyl adjacent to an activating group) is 1. The number of aliphatic hydroxyl groups is 1. The van der Waals surface area contributed by atoms with Crippen molar-refractivity contribution in [1.29, 1.82) is 0 Å². The number of ketones is 1. The van der Waals surface area contributed by atoms with Crippen molar-refractivity contribution in [3.63, 3.8) is 0 Å². The monoisotopic (exact) mass is 542 g/mol. The molecule has 7 heteroatoms. The van der Waals surface area contributed by atoms with Crippen molar-refractivity contribution < 1.29 is 24.2 Å². The zero-order chi connectivity index (χ0) is 28.6. The molecule has 1 N–H and O–H groups in total. The number of aliphatic hydroxyl groups excluding tert-OH is 1. The van der Waals surface area contributed by atoms with E-state index in [4.69, 9.17) is 9.47 Å². The molecule has 1 saturated heterocycles. The number of likely N-dealkylation sites (tertiary alicyclic amines) is 1. The molecule has 7 nitrogen and oxygen atoms in total. The molecular weight excluding hydrogens is 504 g/mol. The smallest absolute Gasteiger partial charge is 0.295 e. The number of aryl methyl sites for hydroxylation is 1. The molecule has 3 aromatic rings. The van der Waals surface area contributed by atoms with E-state index in [2.05, 4.69) is 18.7 Å². The van der Waals surface area contributed by atoms with E-state index in [9.17, 15) is 14.7 Å². The highest BCUT2D eigenvalue weighted by molar-refractivity contribution is 6.46. The molecule has 0 radical (unpaired) electrons. The van der Waals surface area contributed by atoms with Crippen molar-refractivity contribution in [1.82, 2.24) is 9.80 Å².